The predicted octanol–water partition coefficient (Wildman–Crippen LogP) is 2.83. The number of aliphatic hydroxyl groups is 1. The molecule has 0 spiro atoms. The van der Waals surface area contributed by atoms with Crippen LogP contribution in [-0.4, -0.2) is 11.2 Å². The highest BCUT2D eigenvalue weighted by molar-refractivity contribution is 5.13. The summed E-state index contributed by atoms with van der Waals surface area (Å²) in [6.45, 7) is 9.20. The van der Waals surface area contributed by atoms with Gasteiger partial charge in [-0.05, 0) is 35.5 Å². The average molecular weight is 182 g/mol. The summed E-state index contributed by atoms with van der Waals surface area (Å²) in [5, 5.41) is 10.3. The van der Waals surface area contributed by atoms with Crippen molar-refractivity contribution in [3.05, 3.63) is 0 Å². The van der Waals surface area contributed by atoms with Crippen LogP contribution in [0.4, 0.5) is 0 Å². The molecule has 0 saturated heterocycles. The van der Waals surface area contributed by atoms with Crippen LogP contribution in [0.1, 0.15) is 47.0 Å². The largest absolute Gasteiger partial charge is 0.392 e. The van der Waals surface area contributed by atoms with Crippen LogP contribution in [0.3, 0.4) is 0 Å². The Hall–Kier alpha value is -0.0400. The summed E-state index contributed by atoms with van der Waals surface area (Å²) in [5.41, 5.74) is 0.547. The van der Waals surface area contributed by atoms with Crippen LogP contribution in [0.25, 0.3) is 0 Å². The zero-order valence-corrected chi connectivity index (χ0v) is 9.30. The summed E-state index contributed by atoms with van der Waals surface area (Å²) < 4.78 is 0. The monoisotopic (exact) mass is 182 g/mol. The third kappa shape index (κ3) is 0.869. The molecule has 2 rings (SSSR count). The van der Waals surface area contributed by atoms with Gasteiger partial charge in [0.05, 0.1) is 6.10 Å². The zero-order valence-electron chi connectivity index (χ0n) is 9.30. The van der Waals surface area contributed by atoms with E-state index in [1.807, 2.05) is 0 Å². The first-order valence-corrected chi connectivity index (χ1v) is 5.63. The zero-order chi connectivity index (χ0) is 9.85. The van der Waals surface area contributed by atoms with Crippen LogP contribution < -0.4 is 0 Å². The smallest absolute Gasteiger partial charge is 0.0629 e. The Balaban J connectivity index is 2.39. The summed E-state index contributed by atoms with van der Waals surface area (Å²) in [5.74, 6) is 1.33. The quantitative estimate of drug-likeness (QED) is 0.661. The summed E-state index contributed by atoms with van der Waals surface area (Å²) >= 11 is 0. The van der Waals surface area contributed by atoms with E-state index in [9.17, 15) is 5.11 Å². The second-order valence-electron chi connectivity index (χ2n) is 5.80. The van der Waals surface area contributed by atoms with Crippen LogP contribution in [0, 0.1) is 22.7 Å². The van der Waals surface area contributed by atoms with E-state index < -0.39 is 0 Å². The van der Waals surface area contributed by atoms with Crippen molar-refractivity contribution in [3.8, 4) is 0 Å². The van der Waals surface area contributed by atoms with E-state index in [0.29, 0.717) is 11.3 Å². The van der Waals surface area contributed by atoms with Crippen LogP contribution in [0.5, 0.6) is 0 Å². The third-order valence-electron chi connectivity index (χ3n) is 5.42. The first-order valence-electron chi connectivity index (χ1n) is 5.63. The van der Waals surface area contributed by atoms with E-state index in [2.05, 4.69) is 27.7 Å². The minimum atomic E-state index is -0.0498. The fraction of sp³-hybridized carbons (Fsp3) is 1.00. The SMILES string of the molecule is CC[C@@H]1[C@H]2CC[C@@](C)([C@@H]1O)C2(C)C. The van der Waals surface area contributed by atoms with Gasteiger partial charge in [0.1, 0.15) is 0 Å². The molecule has 2 saturated carbocycles. The van der Waals surface area contributed by atoms with E-state index >= 15 is 0 Å². The van der Waals surface area contributed by atoms with Gasteiger partial charge in [-0.2, -0.15) is 0 Å². The number of hydrogen-bond acceptors (Lipinski definition) is 1. The normalized spacial score (nSPS) is 52.8. The van der Waals surface area contributed by atoms with Gasteiger partial charge < -0.3 is 5.11 Å². The molecule has 2 aliphatic rings. The Labute approximate surface area is 81.5 Å². The Morgan fingerprint density at radius 3 is 2.23 bits per heavy atom. The minimum absolute atomic E-state index is 0.0498. The molecular formula is C12H22O. The van der Waals surface area contributed by atoms with Gasteiger partial charge >= 0.3 is 0 Å². The molecule has 0 aromatic heterocycles. The van der Waals surface area contributed by atoms with Gasteiger partial charge in [-0.3, -0.25) is 0 Å². The Bertz CT molecular complexity index is 221. The number of hydrogen-bond donors (Lipinski definition) is 1. The van der Waals surface area contributed by atoms with E-state index in [0.717, 1.165) is 12.3 Å². The van der Waals surface area contributed by atoms with Crippen molar-refractivity contribution in [2.75, 3.05) is 0 Å². The topological polar surface area (TPSA) is 20.2 Å². The van der Waals surface area contributed by atoms with Gasteiger partial charge in [0.15, 0.2) is 0 Å². The number of rotatable bonds is 1. The van der Waals surface area contributed by atoms with Gasteiger partial charge in [-0.1, -0.05) is 34.1 Å². The molecule has 1 heteroatoms. The van der Waals surface area contributed by atoms with Crippen molar-refractivity contribution in [1.82, 2.24) is 0 Å². The van der Waals surface area contributed by atoms with Gasteiger partial charge in [0.2, 0.25) is 0 Å². The van der Waals surface area contributed by atoms with E-state index in [1.54, 1.807) is 0 Å². The number of fused-ring (bicyclic) bond motifs is 2. The first kappa shape index (κ1) is 9.51. The molecule has 1 N–H and O–H groups in total. The molecular weight excluding hydrogens is 160 g/mol. The number of aliphatic hydroxyl groups excluding tert-OH is 1. The Morgan fingerprint density at radius 1 is 1.31 bits per heavy atom. The van der Waals surface area contributed by atoms with Crippen molar-refractivity contribution in [2.24, 2.45) is 22.7 Å². The van der Waals surface area contributed by atoms with Crippen molar-refractivity contribution in [3.63, 3.8) is 0 Å². The lowest BCUT2D eigenvalue weighted by Crippen LogP contribution is -2.37. The van der Waals surface area contributed by atoms with E-state index in [1.165, 1.54) is 12.8 Å². The van der Waals surface area contributed by atoms with Crippen LogP contribution >= 0.6 is 0 Å². The molecule has 0 amide bonds. The Kier molecular flexibility index (Phi) is 1.83. The molecule has 1 nitrogen and oxygen atoms in total. The lowest BCUT2D eigenvalue weighted by Gasteiger charge is -2.37. The lowest BCUT2D eigenvalue weighted by molar-refractivity contribution is -0.0110. The maximum absolute atomic E-state index is 10.3. The molecule has 2 aliphatic carbocycles. The van der Waals surface area contributed by atoms with E-state index in [4.69, 9.17) is 0 Å². The summed E-state index contributed by atoms with van der Waals surface area (Å²) in [6, 6.07) is 0. The summed E-state index contributed by atoms with van der Waals surface area (Å²) in [7, 11) is 0. The second-order valence-corrected chi connectivity index (χ2v) is 5.80. The van der Waals surface area contributed by atoms with E-state index in [-0.39, 0.29) is 11.5 Å². The predicted molar refractivity (Wildman–Crippen MR) is 54.4 cm³/mol. The molecule has 13 heavy (non-hydrogen) atoms. The first-order chi connectivity index (χ1) is 5.95. The van der Waals surface area contributed by atoms with Crippen molar-refractivity contribution >= 4 is 0 Å². The maximum Gasteiger partial charge on any atom is 0.0629 e. The highest BCUT2D eigenvalue weighted by atomic mass is 16.3. The fourth-order valence-electron chi connectivity index (χ4n) is 4.04. The second kappa shape index (κ2) is 2.50. The van der Waals surface area contributed by atoms with Crippen molar-refractivity contribution in [2.45, 2.75) is 53.1 Å². The highest BCUT2D eigenvalue weighted by Gasteiger charge is 2.64. The molecule has 0 heterocycles. The highest BCUT2D eigenvalue weighted by Crippen LogP contribution is 2.68. The molecule has 2 fully saturated rings. The van der Waals surface area contributed by atoms with Crippen LogP contribution in [-0.2, 0) is 0 Å². The molecule has 76 valence electrons. The Morgan fingerprint density at radius 2 is 1.92 bits per heavy atom. The molecule has 0 aromatic rings. The molecule has 0 aliphatic heterocycles. The summed E-state index contributed by atoms with van der Waals surface area (Å²) in [4.78, 5) is 0. The van der Waals surface area contributed by atoms with Crippen LogP contribution in [0.15, 0.2) is 0 Å². The maximum atomic E-state index is 10.3. The fourth-order valence-corrected chi connectivity index (χ4v) is 4.04. The average Bonchev–Trinajstić information content (AvgIpc) is 2.36. The van der Waals surface area contributed by atoms with Gasteiger partial charge in [0.25, 0.3) is 0 Å². The van der Waals surface area contributed by atoms with Gasteiger partial charge in [0, 0.05) is 0 Å². The van der Waals surface area contributed by atoms with Gasteiger partial charge in [-0.15, -0.1) is 0 Å². The standard InChI is InChI=1S/C12H22O/c1-5-8-9-6-7-12(4,10(8)13)11(9,2)3/h8-10,13H,5-7H2,1-4H3/t8-,9-,10-,12+/m1/s1. The molecule has 0 unspecified atom stereocenters. The third-order valence-corrected chi connectivity index (χ3v) is 5.42. The molecule has 0 radical (unpaired) electrons. The van der Waals surface area contributed by atoms with Crippen molar-refractivity contribution < 1.29 is 5.11 Å². The van der Waals surface area contributed by atoms with Gasteiger partial charge in [-0.25, -0.2) is 0 Å². The molecule has 2 bridgehead atoms. The van der Waals surface area contributed by atoms with Crippen LogP contribution in [0.2, 0.25) is 0 Å². The summed E-state index contributed by atoms with van der Waals surface area (Å²) in [6.07, 6.45) is 3.65. The minimum Gasteiger partial charge on any atom is -0.392 e. The lowest BCUT2D eigenvalue weighted by atomic mass is 9.70. The van der Waals surface area contributed by atoms with Crippen molar-refractivity contribution in [1.29, 1.82) is 0 Å². The molecule has 0 aromatic carbocycles. The molecule has 4 atom stereocenters.